The highest BCUT2D eigenvalue weighted by Gasteiger charge is 2.17. The average molecular weight is 260 g/mol. The number of carboxylic acid groups (broad SMARTS) is 1. The van der Waals surface area contributed by atoms with Gasteiger partial charge in [0.05, 0.1) is 30.5 Å². The van der Waals surface area contributed by atoms with Gasteiger partial charge < -0.3 is 20.3 Å². The molecule has 0 aliphatic carbocycles. The molecule has 0 saturated carbocycles. The third-order valence-corrected chi connectivity index (χ3v) is 2.97. The van der Waals surface area contributed by atoms with Crippen LogP contribution in [0, 0.1) is 0 Å². The highest BCUT2D eigenvalue weighted by molar-refractivity contribution is 7.09. The first-order valence-electron chi connectivity index (χ1n) is 5.14. The zero-order valence-electron chi connectivity index (χ0n) is 9.59. The van der Waals surface area contributed by atoms with E-state index in [2.05, 4.69) is 4.98 Å². The van der Waals surface area contributed by atoms with Crippen molar-refractivity contribution in [3.63, 3.8) is 0 Å². The van der Waals surface area contributed by atoms with Crippen LogP contribution in [0.15, 0.2) is 5.38 Å². The van der Waals surface area contributed by atoms with Crippen molar-refractivity contribution in [2.45, 2.75) is 12.5 Å². The van der Waals surface area contributed by atoms with Crippen LogP contribution in [0.3, 0.4) is 0 Å². The van der Waals surface area contributed by atoms with Crippen LogP contribution in [-0.4, -0.2) is 43.0 Å². The monoisotopic (exact) mass is 260 g/mol. The van der Waals surface area contributed by atoms with Crippen LogP contribution in [0.4, 0.5) is 0 Å². The van der Waals surface area contributed by atoms with Gasteiger partial charge in [0.2, 0.25) is 0 Å². The Labute approximate surface area is 103 Å². The number of carbonyl (C=O) groups is 1. The SMILES string of the molecule is COCCOCCc1nc(C(N)C(=O)O)cs1. The third kappa shape index (κ3) is 4.78. The molecule has 1 aromatic rings. The lowest BCUT2D eigenvalue weighted by atomic mass is 10.2. The number of nitrogens with two attached hydrogens (primary N) is 1. The van der Waals surface area contributed by atoms with Crippen molar-refractivity contribution in [1.82, 2.24) is 4.98 Å². The van der Waals surface area contributed by atoms with Crippen molar-refractivity contribution < 1.29 is 19.4 Å². The van der Waals surface area contributed by atoms with Gasteiger partial charge in [0, 0.05) is 18.9 Å². The Kier molecular flexibility index (Phi) is 6.06. The maximum atomic E-state index is 10.6. The van der Waals surface area contributed by atoms with Gasteiger partial charge in [0.1, 0.15) is 6.04 Å². The fourth-order valence-corrected chi connectivity index (χ4v) is 1.93. The number of ether oxygens (including phenoxy) is 2. The molecule has 0 radical (unpaired) electrons. The van der Waals surface area contributed by atoms with E-state index in [4.69, 9.17) is 20.3 Å². The van der Waals surface area contributed by atoms with Crippen LogP contribution in [0.2, 0.25) is 0 Å². The molecule has 0 aliphatic rings. The van der Waals surface area contributed by atoms with Crippen molar-refractivity contribution in [1.29, 1.82) is 0 Å². The second kappa shape index (κ2) is 7.33. The molecule has 0 aromatic carbocycles. The van der Waals surface area contributed by atoms with Gasteiger partial charge in [-0.2, -0.15) is 0 Å². The molecule has 3 N–H and O–H groups in total. The van der Waals surface area contributed by atoms with Crippen LogP contribution >= 0.6 is 11.3 Å². The molecule has 96 valence electrons. The molecular weight excluding hydrogens is 244 g/mol. The summed E-state index contributed by atoms with van der Waals surface area (Å²) in [7, 11) is 1.61. The molecule has 1 heterocycles. The van der Waals surface area contributed by atoms with Gasteiger partial charge in [-0.15, -0.1) is 11.3 Å². The van der Waals surface area contributed by atoms with E-state index in [0.29, 0.717) is 31.9 Å². The summed E-state index contributed by atoms with van der Waals surface area (Å²) < 4.78 is 10.1. The largest absolute Gasteiger partial charge is 0.480 e. The van der Waals surface area contributed by atoms with E-state index in [-0.39, 0.29) is 0 Å². The van der Waals surface area contributed by atoms with Gasteiger partial charge in [0.15, 0.2) is 0 Å². The van der Waals surface area contributed by atoms with Crippen LogP contribution in [0.25, 0.3) is 0 Å². The van der Waals surface area contributed by atoms with Gasteiger partial charge in [-0.05, 0) is 0 Å². The second-order valence-electron chi connectivity index (χ2n) is 3.34. The van der Waals surface area contributed by atoms with E-state index in [1.165, 1.54) is 11.3 Å². The lowest BCUT2D eigenvalue weighted by molar-refractivity contribution is -0.138. The zero-order valence-corrected chi connectivity index (χ0v) is 10.4. The van der Waals surface area contributed by atoms with Crippen molar-refractivity contribution in [3.05, 3.63) is 16.1 Å². The van der Waals surface area contributed by atoms with Crippen molar-refractivity contribution in [2.75, 3.05) is 26.9 Å². The predicted molar refractivity (Wildman–Crippen MR) is 63.1 cm³/mol. The smallest absolute Gasteiger partial charge is 0.326 e. The first-order valence-corrected chi connectivity index (χ1v) is 6.02. The fourth-order valence-electron chi connectivity index (χ4n) is 1.11. The highest BCUT2D eigenvalue weighted by atomic mass is 32.1. The standard InChI is InChI=1S/C10H16N2O4S/c1-15-4-5-16-3-2-8-12-7(6-17-8)9(11)10(13)14/h6,9H,2-5,11H2,1H3,(H,13,14). The Morgan fingerprint density at radius 3 is 3.00 bits per heavy atom. The van der Waals surface area contributed by atoms with Crippen molar-refractivity contribution in [2.24, 2.45) is 5.73 Å². The Bertz CT molecular complexity index is 356. The Hall–Kier alpha value is -1.02. The average Bonchev–Trinajstić information content (AvgIpc) is 2.76. The number of thiazole rings is 1. The van der Waals surface area contributed by atoms with Gasteiger partial charge in [-0.25, -0.2) is 4.98 Å². The molecule has 0 fully saturated rings. The van der Waals surface area contributed by atoms with E-state index in [9.17, 15) is 4.79 Å². The number of carboxylic acids is 1. The van der Waals surface area contributed by atoms with E-state index >= 15 is 0 Å². The molecule has 6 nitrogen and oxygen atoms in total. The summed E-state index contributed by atoms with van der Waals surface area (Å²) >= 11 is 1.39. The molecule has 0 saturated heterocycles. The summed E-state index contributed by atoms with van der Waals surface area (Å²) in [6.07, 6.45) is 0.653. The number of aromatic nitrogens is 1. The zero-order chi connectivity index (χ0) is 12.7. The number of hydrogen-bond donors (Lipinski definition) is 2. The summed E-state index contributed by atoms with van der Waals surface area (Å²) in [6, 6.07) is -1.05. The quantitative estimate of drug-likeness (QED) is 0.658. The van der Waals surface area contributed by atoms with E-state index in [0.717, 1.165) is 5.01 Å². The lowest BCUT2D eigenvalue weighted by Gasteiger charge is -2.02. The number of hydrogen-bond acceptors (Lipinski definition) is 6. The van der Waals surface area contributed by atoms with E-state index < -0.39 is 12.0 Å². The minimum atomic E-state index is -1.07. The molecule has 17 heavy (non-hydrogen) atoms. The lowest BCUT2D eigenvalue weighted by Crippen LogP contribution is -2.21. The summed E-state index contributed by atoms with van der Waals surface area (Å²) in [5.41, 5.74) is 5.84. The molecule has 1 unspecified atom stereocenters. The second-order valence-corrected chi connectivity index (χ2v) is 4.28. The fraction of sp³-hybridized carbons (Fsp3) is 0.600. The minimum Gasteiger partial charge on any atom is -0.480 e. The summed E-state index contributed by atoms with van der Waals surface area (Å²) in [5.74, 6) is -1.07. The first-order chi connectivity index (χ1) is 8.15. The van der Waals surface area contributed by atoms with Crippen molar-refractivity contribution in [3.8, 4) is 0 Å². The van der Waals surface area contributed by atoms with E-state index in [1.807, 2.05) is 0 Å². The Morgan fingerprint density at radius 1 is 1.59 bits per heavy atom. The van der Waals surface area contributed by atoms with Crippen molar-refractivity contribution >= 4 is 17.3 Å². The molecule has 0 spiro atoms. The van der Waals surface area contributed by atoms with E-state index in [1.54, 1.807) is 12.5 Å². The molecule has 1 aromatic heterocycles. The molecule has 7 heteroatoms. The van der Waals surface area contributed by atoms with Crippen LogP contribution in [0.5, 0.6) is 0 Å². The van der Waals surface area contributed by atoms with Gasteiger partial charge >= 0.3 is 5.97 Å². The molecular formula is C10H16N2O4S. The molecule has 1 rings (SSSR count). The number of nitrogens with zero attached hydrogens (tertiary/aromatic N) is 1. The summed E-state index contributed by atoms with van der Waals surface area (Å²) in [6.45, 7) is 1.65. The third-order valence-electron chi connectivity index (χ3n) is 2.05. The molecule has 0 bridgehead atoms. The number of methoxy groups -OCH3 is 1. The summed E-state index contributed by atoms with van der Waals surface area (Å²) in [4.78, 5) is 14.8. The normalized spacial score (nSPS) is 12.6. The Morgan fingerprint density at radius 2 is 2.35 bits per heavy atom. The minimum absolute atomic E-state index is 0.398. The molecule has 1 atom stereocenters. The topological polar surface area (TPSA) is 94.7 Å². The summed E-state index contributed by atoms with van der Waals surface area (Å²) in [5, 5.41) is 11.2. The maximum Gasteiger partial charge on any atom is 0.326 e. The van der Waals surface area contributed by atoms with Crippen LogP contribution < -0.4 is 5.73 Å². The van der Waals surface area contributed by atoms with Gasteiger partial charge in [0.25, 0.3) is 0 Å². The molecule has 0 aliphatic heterocycles. The maximum absolute atomic E-state index is 10.6. The van der Waals surface area contributed by atoms with Gasteiger partial charge in [-0.1, -0.05) is 0 Å². The van der Waals surface area contributed by atoms with Crippen LogP contribution in [0.1, 0.15) is 16.7 Å². The predicted octanol–water partition coefficient (Wildman–Crippen LogP) is 0.433. The Balaban J connectivity index is 2.33. The molecule has 0 amide bonds. The number of rotatable bonds is 8. The first kappa shape index (κ1) is 14.0. The highest BCUT2D eigenvalue weighted by Crippen LogP contribution is 2.15. The van der Waals surface area contributed by atoms with Crippen LogP contribution in [-0.2, 0) is 20.7 Å². The number of aliphatic carboxylic acids is 1. The van der Waals surface area contributed by atoms with Gasteiger partial charge in [-0.3, -0.25) is 4.79 Å².